The molecule has 9 atom stereocenters. The van der Waals surface area contributed by atoms with Crippen molar-refractivity contribution in [1.82, 2.24) is 10.0 Å². The van der Waals surface area contributed by atoms with Crippen molar-refractivity contribution in [2.24, 2.45) is 23.7 Å². The number of esters is 1. The molecular weight excluding hydrogens is 827 g/mol. The Kier molecular flexibility index (Phi) is 16.5. The molecule has 9 unspecified atom stereocenters. The third-order valence-corrected chi connectivity index (χ3v) is 12.9. The number of hydrazine groups is 1. The van der Waals surface area contributed by atoms with Crippen molar-refractivity contribution in [3.63, 3.8) is 0 Å². The number of fused-ring (bicyclic) bond motifs is 14. The number of anilines is 1. The normalized spacial score (nSPS) is 30.2. The maximum Gasteiger partial charge on any atom is 0.312 e. The fourth-order valence-corrected chi connectivity index (χ4v) is 8.81. The third kappa shape index (κ3) is 10.5. The smallest absolute Gasteiger partial charge is 0.312 e. The lowest BCUT2D eigenvalue weighted by Crippen LogP contribution is -2.50. The van der Waals surface area contributed by atoms with Crippen molar-refractivity contribution in [2.45, 2.75) is 125 Å². The van der Waals surface area contributed by atoms with Crippen LogP contribution in [0.4, 0.5) is 5.69 Å². The van der Waals surface area contributed by atoms with Crippen LogP contribution in [0.15, 0.2) is 42.2 Å². The predicted molar refractivity (Wildman–Crippen MR) is 240 cm³/mol. The van der Waals surface area contributed by atoms with Crippen LogP contribution in [0.2, 0.25) is 0 Å². The van der Waals surface area contributed by atoms with Gasteiger partial charge in [-0.1, -0.05) is 65.7 Å². The van der Waals surface area contributed by atoms with E-state index >= 15 is 0 Å². The number of aliphatic hydroxyl groups is 2. The van der Waals surface area contributed by atoms with Crippen LogP contribution >= 0.6 is 0 Å². The summed E-state index contributed by atoms with van der Waals surface area (Å²) in [6.07, 6.45) is 8.23. The summed E-state index contributed by atoms with van der Waals surface area (Å²) >= 11 is 0. The summed E-state index contributed by atoms with van der Waals surface area (Å²) in [5.74, 6) is -7.94. The Morgan fingerprint density at radius 1 is 0.969 bits per heavy atom. The number of rotatable bonds is 9. The maximum atomic E-state index is 14.7. The highest BCUT2D eigenvalue weighted by Crippen LogP contribution is 2.54. The van der Waals surface area contributed by atoms with Gasteiger partial charge in [-0.25, -0.2) is 5.01 Å². The van der Waals surface area contributed by atoms with E-state index in [1.54, 1.807) is 51.8 Å². The average Bonchev–Trinajstić information content (AvgIpc) is 3.54. The van der Waals surface area contributed by atoms with Gasteiger partial charge in [-0.15, -0.1) is 0 Å². The van der Waals surface area contributed by atoms with Crippen LogP contribution in [0.5, 0.6) is 23.0 Å². The molecule has 4 aliphatic heterocycles. The number of amides is 2. The number of nitrogens with one attached hydrogen (secondary N) is 1. The van der Waals surface area contributed by atoms with Gasteiger partial charge in [0.2, 0.25) is 0 Å². The molecule has 352 valence electrons. The number of aromatic hydroxyl groups is 2. The zero-order chi connectivity index (χ0) is 47.2. The van der Waals surface area contributed by atoms with Gasteiger partial charge in [0.25, 0.3) is 17.6 Å². The molecule has 4 aliphatic rings. The molecule has 0 saturated carbocycles. The lowest BCUT2D eigenvalue weighted by atomic mass is 9.78. The molecule has 2 amide bonds. The zero-order valence-corrected chi connectivity index (χ0v) is 38.8. The van der Waals surface area contributed by atoms with E-state index in [2.05, 4.69) is 5.32 Å². The van der Waals surface area contributed by atoms with Crippen molar-refractivity contribution in [3.05, 3.63) is 53.3 Å². The van der Waals surface area contributed by atoms with Gasteiger partial charge >= 0.3 is 11.8 Å². The third-order valence-electron chi connectivity index (χ3n) is 12.9. The van der Waals surface area contributed by atoms with E-state index in [0.717, 1.165) is 32.1 Å². The second-order valence-corrected chi connectivity index (χ2v) is 17.6. The van der Waals surface area contributed by atoms with Gasteiger partial charge in [0.05, 0.1) is 41.2 Å². The van der Waals surface area contributed by atoms with Crippen molar-refractivity contribution in [2.75, 3.05) is 38.7 Å². The van der Waals surface area contributed by atoms with Gasteiger partial charge in [0.15, 0.2) is 12.4 Å². The molecule has 1 fully saturated rings. The number of Topliss-reactive ketones (excluding diaryl/α,β-unsaturated/α-hetero) is 1. The van der Waals surface area contributed by atoms with E-state index in [4.69, 9.17) is 23.7 Å². The van der Waals surface area contributed by atoms with Gasteiger partial charge in [0, 0.05) is 86.9 Å². The molecule has 0 radical (unpaired) electrons. The molecule has 2 aromatic carbocycles. The molecule has 16 heteroatoms. The molecule has 4 heterocycles. The number of nitrogens with zero attached hydrogens (tertiary/aromatic N) is 2. The first kappa shape index (κ1) is 49.8. The summed E-state index contributed by atoms with van der Waals surface area (Å²) in [6, 6.07) is 1.30. The maximum absolute atomic E-state index is 14.7. The fraction of sp³-hybridized carbons (Fsp3) is 0.583. The van der Waals surface area contributed by atoms with E-state index in [0.29, 0.717) is 19.6 Å². The Bertz CT molecular complexity index is 2150. The Hall–Kier alpha value is -5.16. The number of benzene rings is 2. The minimum Gasteiger partial charge on any atom is -0.507 e. The highest BCUT2D eigenvalue weighted by molar-refractivity contribution is 6.21. The summed E-state index contributed by atoms with van der Waals surface area (Å²) in [5, 5.41) is 52.7. The number of phenolic OH excluding ortho intramolecular Hbond substituents is 2. The number of ketones is 1. The largest absolute Gasteiger partial charge is 0.507 e. The molecule has 0 spiro atoms. The number of aliphatic hydroxyl groups excluding tert-OH is 2. The van der Waals surface area contributed by atoms with Crippen LogP contribution < -0.4 is 14.8 Å². The number of carbonyl (C=O) groups excluding carboxylic acids is 4. The van der Waals surface area contributed by atoms with Gasteiger partial charge in [-0.2, -0.15) is 0 Å². The number of methoxy groups -OCH3 is 1. The van der Waals surface area contributed by atoms with Crippen LogP contribution in [-0.2, 0) is 28.6 Å². The number of hydrogen-bond donors (Lipinski definition) is 5. The van der Waals surface area contributed by atoms with E-state index < -0.39 is 89.6 Å². The molecule has 6 rings (SSSR count). The summed E-state index contributed by atoms with van der Waals surface area (Å²) in [5.41, 5.74) is 0.0250. The monoisotopic (exact) mass is 893 g/mol. The van der Waals surface area contributed by atoms with Crippen LogP contribution in [0, 0.1) is 30.6 Å². The lowest BCUT2D eigenvalue weighted by molar-refractivity contribution is -0.160. The highest BCUT2D eigenvalue weighted by Gasteiger charge is 2.50. The number of piperidine rings is 1. The van der Waals surface area contributed by atoms with Gasteiger partial charge in [0.1, 0.15) is 23.4 Å². The molecule has 0 aliphatic carbocycles. The van der Waals surface area contributed by atoms with Crippen LogP contribution in [-0.4, -0.2) is 118 Å². The molecule has 0 aromatic heterocycles. The van der Waals surface area contributed by atoms with Crippen LogP contribution in [0.25, 0.3) is 10.8 Å². The predicted octanol–water partition coefficient (Wildman–Crippen LogP) is 6.46. The SMILES string of the molecule is CCCCN(C(=O)COc1cc2c(O)c3c(O)c(C)c4c(c13)C(=O)C(C)(O/C=C/C(OC)C(C)C(OC(C)=O)C(C)C(O)C(C)C(O)C(C)/C=C/C=C(\C)C(=O)N2)O4)N1CCCCC1. The standard InChI is InChI=1S/C48H67N3O13/c1-11-12-22-51(50-20-14-13-15-21-50)36(53)25-61-35-24-33-43(57)38-37(35)39-45(31(7)42(38)56)64-48(9,46(39)58)62-23-19-34(60-10)28(4)44(63-32(8)52)30(6)41(55)29(5)40(54)26(2)17-16-18-27(3)47(59)49-33/h16-19,23-24,26,28-30,34,40-41,44,54-57H,11-15,20-22,25H2,1-10H3,(H,49,59)/b17-16+,23-19+,27-18+. The number of unbranched alkanes of at least 4 members (excludes halogenated alkanes) is 1. The van der Waals surface area contributed by atoms with Gasteiger partial charge < -0.3 is 49.4 Å². The first-order valence-corrected chi connectivity index (χ1v) is 22.3. The molecule has 16 nitrogen and oxygen atoms in total. The summed E-state index contributed by atoms with van der Waals surface area (Å²) < 4.78 is 30.1. The summed E-state index contributed by atoms with van der Waals surface area (Å²) in [6.45, 7) is 16.1. The Balaban J connectivity index is 1.66. The van der Waals surface area contributed by atoms with E-state index in [1.165, 1.54) is 52.4 Å². The lowest BCUT2D eigenvalue weighted by Gasteiger charge is -2.38. The van der Waals surface area contributed by atoms with Crippen molar-refractivity contribution >= 4 is 40.0 Å². The van der Waals surface area contributed by atoms with Crippen LogP contribution in [0.3, 0.4) is 0 Å². The highest BCUT2D eigenvalue weighted by atomic mass is 16.7. The second-order valence-electron chi connectivity index (χ2n) is 17.6. The number of phenols is 2. The van der Waals surface area contributed by atoms with Crippen LogP contribution in [0.1, 0.15) is 103 Å². The van der Waals surface area contributed by atoms with Crippen molar-refractivity contribution in [1.29, 1.82) is 0 Å². The summed E-state index contributed by atoms with van der Waals surface area (Å²) in [7, 11) is 1.45. The number of allylic oxidation sites excluding steroid dienone is 2. The van der Waals surface area contributed by atoms with Gasteiger partial charge in [-0.05, 0) is 39.2 Å². The van der Waals surface area contributed by atoms with Gasteiger partial charge in [-0.3, -0.25) is 24.2 Å². The zero-order valence-electron chi connectivity index (χ0n) is 38.8. The minimum absolute atomic E-state index is 0.0489. The Labute approximate surface area is 375 Å². The molecule has 64 heavy (non-hydrogen) atoms. The number of carbonyl (C=O) groups is 4. The Morgan fingerprint density at radius 3 is 2.30 bits per heavy atom. The molecule has 5 N–H and O–H groups in total. The fourth-order valence-electron chi connectivity index (χ4n) is 8.81. The summed E-state index contributed by atoms with van der Waals surface area (Å²) in [4.78, 5) is 54.8. The molecule has 5 bridgehead atoms. The number of hydrogen-bond acceptors (Lipinski definition) is 14. The van der Waals surface area contributed by atoms with E-state index in [9.17, 15) is 39.6 Å². The molecular formula is C48H67N3O13. The first-order chi connectivity index (χ1) is 30.3. The Morgan fingerprint density at radius 2 is 1.66 bits per heavy atom. The average molecular weight is 894 g/mol. The van der Waals surface area contributed by atoms with E-state index in [1.807, 2.05) is 11.9 Å². The topological polar surface area (TPSA) is 214 Å². The quantitative estimate of drug-likeness (QED) is 0.135. The first-order valence-electron chi connectivity index (χ1n) is 22.3. The van der Waals surface area contributed by atoms with E-state index in [-0.39, 0.29) is 50.6 Å². The molecule has 2 aromatic rings. The molecule has 1 saturated heterocycles. The van der Waals surface area contributed by atoms with Crippen molar-refractivity contribution < 1.29 is 63.3 Å². The van der Waals surface area contributed by atoms with Crippen molar-refractivity contribution in [3.8, 4) is 23.0 Å². The minimum atomic E-state index is -2.03. The second kappa shape index (κ2) is 21.2. The number of ether oxygens (including phenoxy) is 5.